The minimum Gasteiger partial charge on any atom is -0.462 e. The van der Waals surface area contributed by atoms with Crippen molar-refractivity contribution in [2.45, 2.75) is 330 Å². The van der Waals surface area contributed by atoms with E-state index in [-0.39, 0.29) is 25.7 Å². The SMILES string of the molecule is CCCCCCCCCCCCCCC(=O)OC[C@H](COP(=O)(O)OC[C@@H](O)COP(=O)(O)OC[C@@H](COC(=O)CCCCCCCCCCC)OC(=O)CCCCCCCCC(C)C)OC(=O)CCCCCCCCCCC(C)CC. The van der Waals surface area contributed by atoms with Crippen LogP contribution in [0, 0.1) is 11.8 Å². The molecule has 0 aromatic rings. The van der Waals surface area contributed by atoms with Crippen molar-refractivity contribution in [1.82, 2.24) is 0 Å². The van der Waals surface area contributed by atoms with Crippen molar-refractivity contribution in [3.05, 3.63) is 0 Å². The number of carbonyl (C=O) groups is 4. The summed E-state index contributed by atoms with van der Waals surface area (Å²) < 4.78 is 67.9. The van der Waals surface area contributed by atoms with E-state index in [2.05, 4.69) is 41.5 Å². The summed E-state index contributed by atoms with van der Waals surface area (Å²) in [4.78, 5) is 72.1. The number of aliphatic hydroxyl groups is 1. The molecule has 0 spiro atoms. The first kappa shape index (κ1) is 80.1. The number of hydrogen-bond donors (Lipinski definition) is 3. The Kier molecular flexibility index (Phi) is 54.3. The molecule has 0 fully saturated rings. The van der Waals surface area contributed by atoms with E-state index in [1.165, 1.54) is 128 Å². The largest absolute Gasteiger partial charge is 0.472 e. The molecule has 19 heteroatoms. The third kappa shape index (κ3) is 55.9. The van der Waals surface area contributed by atoms with Gasteiger partial charge in [-0.05, 0) is 37.5 Å². The fourth-order valence-corrected chi connectivity index (χ4v) is 10.9. The summed E-state index contributed by atoms with van der Waals surface area (Å²) in [6, 6.07) is 0. The lowest BCUT2D eigenvalue weighted by atomic mass is 9.99. The van der Waals surface area contributed by atoms with Crippen LogP contribution in [-0.2, 0) is 65.4 Å². The molecule has 3 N–H and O–H groups in total. The van der Waals surface area contributed by atoms with Crippen molar-refractivity contribution in [3.8, 4) is 0 Å². The molecule has 0 saturated carbocycles. The summed E-state index contributed by atoms with van der Waals surface area (Å²) in [6.45, 7) is 9.38. The molecule has 0 heterocycles. The molecule has 0 saturated heterocycles. The molecule has 0 amide bonds. The quantitative estimate of drug-likeness (QED) is 0.0222. The van der Waals surface area contributed by atoms with Gasteiger partial charge in [0.2, 0.25) is 0 Å². The van der Waals surface area contributed by atoms with E-state index in [1.54, 1.807) is 0 Å². The van der Waals surface area contributed by atoms with Gasteiger partial charge in [-0.1, -0.05) is 260 Å². The molecule has 0 aliphatic heterocycles. The number of phosphoric ester groups is 2. The highest BCUT2D eigenvalue weighted by molar-refractivity contribution is 7.47. The molecule has 0 aliphatic carbocycles. The summed E-state index contributed by atoms with van der Waals surface area (Å²) in [7, 11) is -9.88. The Morgan fingerprint density at radius 2 is 0.622 bits per heavy atom. The molecule has 486 valence electrons. The number of esters is 4. The number of ether oxygens (including phenoxy) is 4. The summed E-state index contributed by atoms with van der Waals surface area (Å²) in [5, 5.41) is 10.5. The lowest BCUT2D eigenvalue weighted by Gasteiger charge is -2.21. The minimum atomic E-state index is -4.94. The maximum Gasteiger partial charge on any atom is 0.472 e. The number of aliphatic hydroxyl groups excluding tert-OH is 1. The van der Waals surface area contributed by atoms with Crippen LogP contribution >= 0.6 is 15.6 Å². The van der Waals surface area contributed by atoms with Crippen molar-refractivity contribution < 1.29 is 80.2 Å². The van der Waals surface area contributed by atoms with Gasteiger partial charge in [0.15, 0.2) is 12.2 Å². The average molecular weight is 1210 g/mol. The summed E-state index contributed by atoms with van der Waals surface area (Å²) in [5.41, 5.74) is 0. The zero-order chi connectivity index (χ0) is 60.8. The van der Waals surface area contributed by atoms with Crippen molar-refractivity contribution in [3.63, 3.8) is 0 Å². The second-order valence-electron chi connectivity index (χ2n) is 23.5. The van der Waals surface area contributed by atoms with Gasteiger partial charge in [-0.3, -0.25) is 37.3 Å². The van der Waals surface area contributed by atoms with Gasteiger partial charge >= 0.3 is 39.5 Å². The van der Waals surface area contributed by atoms with E-state index in [0.29, 0.717) is 31.6 Å². The smallest absolute Gasteiger partial charge is 0.462 e. The number of carbonyl (C=O) groups excluding carboxylic acids is 4. The van der Waals surface area contributed by atoms with Crippen LogP contribution in [0.4, 0.5) is 0 Å². The molecular weight excluding hydrogens is 1090 g/mol. The van der Waals surface area contributed by atoms with Crippen molar-refractivity contribution >= 4 is 39.5 Å². The Morgan fingerprint density at radius 1 is 0.354 bits per heavy atom. The summed E-state index contributed by atoms with van der Waals surface area (Å²) >= 11 is 0. The zero-order valence-electron chi connectivity index (χ0n) is 52.8. The number of unbranched alkanes of at least 4 members (excludes halogenated alkanes) is 31. The first-order valence-corrected chi connectivity index (χ1v) is 36.0. The van der Waals surface area contributed by atoms with E-state index < -0.39 is 97.5 Å². The van der Waals surface area contributed by atoms with Crippen LogP contribution in [-0.4, -0.2) is 96.7 Å². The number of hydrogen-bond acceptors (Lipinski definition) is 15. The fourth-order valence-electron chi connectivity index (χ4n) is 9.32. The molecule has 3 unspecified atom stereocenters. The number of rotatable bonds is 62. The topological polar surface area (TPSA) is 237 Å². The van der Waals surface area contributed by atoms with Gasteiger partial charge in [0, 0.05) is 25.7 Å². The summed E-state index contributed by atoms with van der Waals surface area (Å²) in [5.74, 6) is -0.701. The Morgan fingerprint density at radius 3 is 0.927 bits per heavy atom. The average Bonchev–Trinajstić information content (AvgIpc) is 3.45. The van der Waals surface area contributed by atoms with Crippen molar-refractivity contribution in [1.29, 1.82) is 0 Å². The second-order valence-corrected chi connectivity index (χ2v) is 26.4. The normalized spacial score (nSPS) is 14.7. The molecule has 17 nitrogen and oxygen atoms in total. The maximum absolute atomic E-state index is 13.0. The van der Waals surface area contributed by atoms with Gasteiger partial charge in [0.25, 0.3) is 0 Å². The highest BCUT2D eigenvalue weighted by Crippen LogP contribution is 2.45. The van der Waals surface area contributed by atoms with Gasteiger partial charge in [-0.2, -0.15) is 0 Å². The second kappa shape index (κ2) is 55.6. The zero-order valence-corrected chi connectivity index (χ0v) is 54.6. The molecule has 82 heavy (non-hydrogen) atoms. The lowest BCUT2D eigenvalue weighted by molar-refractivity contribution is -0.161. The Bertz CT molecular complexity index is 1620. The Labute approximate surface area is 498 Å². The highest BCUT2D eigenvalue weighted by Gasteiger charge is 2.30. The molecular formula is C63H122O17P2. The number of phosphoric acid groups is 2. The van der Waals surface area contributed by atoms with Crippen molar-refractivity contribution in [2.75, 3.05) is 39.6 Å². The van der Waals surface area contributed by atoms with E-state index in [4.69, 9.17) is 37.0 Å². The van der Waals surface area contributed by atoms with Crippen LogP contribution in [0.5, 0.6) is 0 Å². The van der Waals surface area contributed by atoms with E-state index in [1.807, 2.05) is 0 Å². The molecule has 0 bridgehead atoms. The van der Waals surface area contributed by atoms with Crippen molar-refractivity contribution in [2.24, 2.45) is 11.8 Å². The van der Waals surface area contributed by atoms with E-state index in [0.717, 1.165) is 95.8 Å². The molecule has 0 aliphatic rings. The minimum absolute atomic E-state index is 0.102. The monoisotopic (exact) mass is 1210 g/mol. The molecule has 6 atom stereocenters. The molecule has 0 aromatic carbocycles. The highest BCUT2D eigenvalue weighted by atomic mass is 31.2. The first-order valence-electron chi connectivity index (χ1n) is 33.0. The van der Waals surface area contributed by atoms with Crippen LogP contribution in [0.3, 0.4) is 0 Å². The van der Waals surface area contributed by atoms with Gasteiger partial charge in [0.05, 0.1) is 26.4 Å². The third-order valence-corrected chi connectivity index (χ3v) is 16.7. The predicted molar refractivity (Wildman–Crippen MR) is 326 cm³/mol. The molecule has 0 radical (unpaired) electrons. The van der Waals surface area contributed by atoms with E-state index in [9.17, 15) is 43.2 Å². The van der Waals surface area contributed by atoms with Gasteiger partial charge < -0.3 is 33.8 Å². The van der Waals surface area contributed by atoms with Crippen LogP contribution < -0.4 is 0 Å². The lowest BCUT2D eigenvalue weighted by Crippen LogP contribution is -2.30. The predicted octanol–water partition coefficient (Wildman–Crippen LogP) is 17.3. The van der Waals surface area contributed by atoms with Crippen LogP contribution in [0.2, 0.25) is 0 Å². The van der Waals surface area contributed by atoms with Gasteiger partial charge in [0.1, 0.15) is 19.3 Å². The Hall–Kier alpha value is -1.94. The third-order valence-electron chi connectivity index (χ3n) is 14.8. The fraction of sp³-hybridized carbons (Fsp3) is 0.937. The van der Waals surface area contributed by atoms with Crippen LogP contribution in [0.1, 0.15) is 311 Å². The first-order chi connectivity index (χ1) is 39.4. The van der Waals surface area contributed by atoms with Gasteiger partial charge in [-0.15, -0.1) is 0 Å². The van der Waals surface area contributed by atoms with E-state index >= 15 is 0 Å². The Balaban J connectivity index is 5.24. The van der Waals surface area contributed by atoms with Crippen LogP contribution in [0.25, 0.3) is 0 Å². The summed E-state index contributed by atoms with van der Waals surface area (Å²) in [6.07, 6.45) is 37.6. The standard InChI is InChI=1S/C63H122O17P2/c1-7-10-12-14-16-18-19-20-22-27-34-40-46-61(66)74-51-58(79-62(67)47-41-35-28-24-23-25-32-38-44-56(6)9-3)53-77-81(69,70)75-49-57(64)50-76-82(71,72)78-54-59(80-63(68)48-42-36-30-29-31-37-43-55(4)5)52-73-60(65)45-39-33-26-21-17-15-13-11-8-2/h55-59,64H,7-54H2,1-6H3,(H,69,70)(H,71,72)/t56?,57-,58-,59-/m1/s1. The van der Waals surface area contributed by atoms with Crippen LogP contribution in [0.15, 0.2) is 0 Å². The molecule has 0 aromatic heterocycles. The maximum atomic E-state index is 13.0. The molecule has 0 rings (SSSR count). The van der Waals surface area contributed by atoms with Gasteiger partial charge in [-0.25, -0.2) is 9.13 Å².